The molecule has 0 amide bonds. The minimum atomic E-state index is -0.937. The molecule has 1 aromatic rings. The number of hydrogen-bond donors (Lipinski definition) is 1. The summed E-state index contributed by atoms with van der Waals surface area (Å²) < 4.78 is 16.8. The van der Waals surface area contributed by atoms with Crippen LogP contribution < -0.4 is 14.8 Å². The number of esters is 1. The van der Waals surface area contributed by atoms with Gasteiger partial charge < -0.3 is 19.5 Å². The summed E-state index contributed by atoms with van der Waals surface area (Å²) in [6, 6.07) is 5.72. The predicted molar refractivity (Wildman–Crippen MR) is 77.7 cm³/mol. The molecule has 2 aliphatic heterocycles. The van der Waals surface area contributed by atoms with E-state index >= 15 is 0 Å². The Morgan fingerprint density at radius 2 is 2.19 bits per heavy atom. The molecule has 1 N–H and O–H groups in total. The first-order valence-corrected chi connectivity index (χ1v) is 7.47. The van der Waals surface area contributed by atoms with Crippen LogP contribution in [-0.4, -0.2) is 30.9 Å². The number of benzene rings is 1. The van der Waals surface area contributed by atoms with Gasteiger partial charge in [-0.3, -0.25) is 0 Å². The third-order valence-corrected chi connectivity index (χ3v) is 3.74. The van der Waals surface area contributed by atoms with Gasteiger partial charge in [0, 0.05) is 19.9 Å². The van der Waals surface area contributed by atoms with E-state index in [1.807, 2.05) is 6.07 Å². The van der Waals surface area contributed by atoms with Crippen LogP contribution >= 0.6 is 0 Å². The fraction of sp³-hybridized carbons (Fsp3) is 0.562. The zero-order chi connectivity index (χ0) is 14.9. The van der Waals surface area contributed by atoms with Gasteiger partial charge in [0.2, 0.25) is 5.79 Å². The van der Waals surface area contributed by atoms with Gasteiger partial charge in [0.05, 0.1) is 0 Å². The Labute approximate surface area is 124 Å². The van der Waals surface area contributed by atoms with Crippen LogP contribution in [0.1, 0.15) is 43.5 Å². The Morgan fingerprint density at radius 3 is 2.95 bits per heavy atom. The van der Waals surface area contributed by atoms with Crippen molar-refractivity contribution in [3.8, 4) is 11.5 Å². The zero-order valence-electron chi connectivity index (χ0n) is 12.5. The summed E-state index contributed by atoms with van der Waals surface area (Å²) in [5.41, 5.74) is 0.382. The molecule has 2 aliphatic rings. The molecular formula is C16H21NO4. The molecule has 0 saturated carbocycles. The van der Waals surface area contributed by atoms with Gasteiger partial charge in [0.1, 0.15) is 23.7 Å². The number of carbonyl (C=O) groups excluding carboxylic acids is 1. The molecule has 2 heterocycles. The summed E-state index contributed by atoms with van der Waals surface area (Å²) in [5, 5.41) is 3.42. The van der Waals surface area contributed by atoms with Crippen LogP contribution in [0.5, 0.6) is 11.5 Å². The molecule has 1 atom stereocenters. The normalized spacial score (nSPS) is 23.7. The SMILES string of the molecule is CC1(C)OC(=O)c2c(OC[C@@H]3CCCCN3)cccc2O1. The van der Waals surface area contributed by atoms with Crippen LogP contribution in [0.3, 0.4) is 0 Å². The van der Waals surface area contributed by atoms with E-state index in [0.717, 1.165) is 13.0 Å². The molecule has 0 radical (unpaired) electrons. The molecule has 0 aliphatic carbocycles. The van der Waals surface area contributed by atoms with E-state index in [4.69, 9.17) is 14.2 Å². The Kier molecular flexibility index (Phi) is 3.76. The van der Waals surface area contributed by atoms with Crippen molar-refractivity contribution in [3.05, 3.63) is 23.8 Å². The van der Waals surface area contributed by atoms with E-state index in [1.165, 1.54) is 12.8 Å². The fourth-order valence-electron chi connectivity index (χ4n) is 2.73. The summed E-state index contributed by atoms with van der Waals surface area (Å²) in [7, 11) is 0. The second-order valence-corrected chi connectivity index (χ2v) is 5.98. The molecule has 114 valence electrons. The molecule has 5 nitrogen and oxygen atoms in total. The molecule has 0 bridgehead atoms. The highest BCUT2D eigenvalue weighted by Crippen LogP contribution is 2.36. The van der Waals surface area contributed by atoms with Crippen molar-refractivity contribution in [2.24, 2.45) is 0 Å². The minimum absolute atomic E-state index is 0.339. The molecule has 0 unspecified atom stereocenters. The van der Waals surface area contributed by atoms with Crippen molar-refractivity contribution in [1.29, 1.82) is 0 Å². The van der Waals surface area contributed by atoms with E-state index in [2.05, 4.69) is 5.32 Å². The number of hydrogen-bond acceptors (Lipinski definition) is 5. The van der Waals surface area contributed by atoms with Crippen LogP contribution in [0.2, 0.25) is 0 Å². The van der Waals surface area contributed by atoms with Crippen LogP contribution in [0.25, 0.3) is 0 Å². The lowest BCUT2D eigenvalue weighted by Gasteiger charge is -2.32. The van der Waals surface area contributed by atoms with Crippen molar-refractivity contribution in [2.75, 3.05) is 13.2 Å². The maximum Gasteiger partial charge on any atom is 0.349 e. The molecule has 5 heteroatoms. The third-order valence-electron chi connectivity index (χ3n) is 3.74. The van der Waals surface area contributed by atoms with E-state index in [0.29, 0.717) is 29.7 Å². The largest absolute Gasteiger partial charge is 0.491 e. The topological polar surface area (TPSA) is 56.8 Å². The number of nitrogens with one attached hydrogen (secondary N) is 1. The average molecular weight is 291 g/mol. The monoisotopic (exact) mass is 291 g/mol. The molecule has 1 aromatic carbocycles. The predicted octanol–water partition coefficient (Wildman–Crippen LogP) is 2.49. The maximum absolute atomic E-state index is 12.2. The van der Waals surface area contributed by atoms with Crippen LogP contribution in [0, 0.1) is 0 Å². The van der Waals surface area contributed by atoms with Crippen LogP contribution in [0.15, 0.2) is 18.2 Å². The minimum Gasteiger partial charge on any atom is -0.491 e. The van der Waals surface area contributed by atoms with Gasteiger partial charge in [0.25, 0.3) is 0 Å². The second kappa shape index (κ2) is 5.56. The Morgan fingerprint density at radius 1 is 1.33 bits per heavy atom. The number of cyclic esters (lactones) is 1. The van der Waals surface area contributed by atoms with Crippen LogP contribution in [-0.2, 0) is 4.74 Å². The first kappa shape index (κ1) is 14.2. The summed E-state index contributed by atoms with van der Waals surface area (Å²) >= 11 is 0. The van der Waals surface area contributed by atoms with Gasteiger partial charge in [-0.25, -0.2) is 4.79 Å². The number of ether oxygens (including phenoxy) is 3. The Balaban J connectivity index is 1.76. The van der Waals surface area contributed by atoms with Gasteiger partial charge in [-0.05, 0) is 31.5 Å². The standard InChI is InChI=1S/C16H21NO4/c1-16(2)20-13-8-5-7-12(14(13)15(18)21-16)19-10-11-6-3-4-9-17-11/h5,7-8,11,17H,3-4,6,9-10H2,1-2H3/t11-/m0/s1. The zero-order valence-corrected chi connectivity index (χ0v) is 12.5. The number of fused-ring (bicyclic) bond motifs is 1. The maximum atomic E-state index is 12.2. The van der Waals surface area contributed by atoms with E-state index < -0.39 is 11.8 Å². The lowest BCUT2D eigenvalue weighted by molar-refractivity contribution is -0.127. The number of rotatable bonds is 3. The smallest absolute Gasteiger partial charge is 0.349 e. The van der Waals surface area contributed by atoms with Gasteiger partial charge in [-0.1, -0.05) is 12.5 Å². The molecule has 0 aromatic heterocycles. The quantitative estimate of drug-likeness (QED) is 0.867. The average Bonchev–Trinajstić information content (AvgIpc) is 2.44. The number of carbonyl (C=O) groups is 1. The Hall–Kier alpha value is -1.75. The van der Waals surface area contributed by atoms with Gasteiger partial charge in [0.15, 0.2) is 0 Å². The molecule has 3 rings (SSSR count). The summed E-state index contributed by atoms with van der Waals surface area (Å²) in [4.78, 5) is 12.2. The van der Waals surface area contributed by atoms with E-state index in [9.17, 15) is 4.79 Å². The van der Waals surface area contributed by atoms with Gasteiger partial charge in [-0.15, -0.1) is 0 Å². The van der Waals surface area contributed by atoms with E-state index in [-0.39, 0.29) is 0 Å². The fourth-order valence-corrected chi connectivity index (χ4v) is 2.73. The highest BCUT2D eigenvalue weighted by Gasteiger charge is 2.36. The Bertz CT molecular complexity index is 535. The summed E-state index contributed by atoms with van der Waals surface area (Å²) in [6.45, 7) is 5.01. The third kappa shape index (κ3) is 3.13. The molecule has 21 heavy (non-hydrogen) atoms. The molecule has 1 saturated heterocycles. The van der Waals surface area contributed by atoms with Crippen LogP contribution in [0.4, 0.5) is 0 Å². The van der Waals surface area contributed by atoms with Gasteiger partial charge >= 0.3 is 5.97 Å². The van der Waals surface area contributed by atoms with Crippen molar-refractivity contribution in [2.45, 2.75) is 44.9 Å². The first-order chi connectivity index (χ1) is 10.1. The van der Waals surface area contributed by atoms with Crippen molar-refractivity contribution in [3.63, 3.8) is 0 Å². The van der Waals surface area contributed by atoms with Crippen molar-refractivity contribution in [1.82, 2.24) is 5.32 Å². The second-order valence-electron chi connectivity index (χ2n) is 5.98. The van der Waals surface area contributed by atoms with Gasteiger partial charge in [-0.2, -0.15) is 0 Å². The lowest BCUT2D eigenvalue weighted by atomic mass is 10.1. The lowest BCUT2D eigenvalue weighted by Crippen LogP contribution is -2.40. The molecule has 0 spiro atoms. The van der Waals surface area contributed by atoms with Crippen molar-refractivity contribution >= 4 is 5.97 Å². The highest BCUT2D eigenvalue weighted by molar-refractivity contribution is 5.96. The summed E-state index contributed by atoms with van der Waals surface area (Å²) in [6.07, 6.45) is 3.53. The number of piperidine rings is 1. The highest BCUT2D eigenvalue weighted by atomic mass is 16.7. The van der Waals surface area contributed by atoms with E-state index in [1.54, 1.807) is 26.0 Å². The molecule has 1 fully saturated rings. The summed E-state index contributed by atoms with van der Waals surface area (Å²) in [5.74, 6) is -0.285. The first-order valence-electron chi connectivity index (χ1n) is 7.47. The molecular weight excluding hydrogens is 270 g/mol. The van der Waals surface area contributed by atoms with Crippen molar-refractivity contribution < 1.29 is 19.0 Å².